The number of aromatic nitrogens is 3. The molecule has 29 heavy (non-hydrogen) atoms. The van der Waals surface area contributed by atoms with E-state index in [1.54, 1.807) is 0 Å². The highest BCUT2D eigenvalue weighted by Gasteiger charge is 2.30. The average Bonchev–Trinajstić information content (AvgIpc) is 3.46. The molecule has 13 heteroatoms. The second-order valence-corrected chi connectivity index (χ2v) is 6.34. The standard InChI is InChI=1S/C16H15N5O8/c1-29-15(25)7-4-9(21(27)28)14(24)19(5-7)6-10(22)11-12(17)20(8-2-3-8)16(26)18-13(11)23/h4-5,8H,2-3,6,17H2,1H3,(H,18,23,26). The van der Waals surface area contributed by atoms with Crippen molar-refractivity contribution in [1.29, 1.82) is 0 Å². The number of Topliss-reactive ketones (excluding diaryl/α,β-unsaturated/α-hetero) is 1. The maximum Gasteiger partial charge on any atom is 0.339 e. The molecule has 0 aliphatic heterocycles. The molecule has 0 spiro atoms. The number of nitrogen functional groups attached to an aromatic ring is 1. The number of rotatable bonds is 6. The molecule has 3 rings (SSSR count). The Balaban J connectivity index is 2.09. The van der Waals surface area contributed by atoms with Gasteiger partial charge in [0, 0.05) is 18.3 Å². The molecule has 1 fully saturated rings. The van der Waals surface area contributed by atoms with Crippen molar-refractivity contribution in [2.75, 3.05) is 12.8 Å². The monoisotopic (exact) mass is 405 g/mol. The van der Waals surface area contributed by atoms with Gasteiger partial charge in [-0.25, -0.2) is 9.59 Å². The smallest absolute Gasteiger partial charge is 0.339 e. The molecule has 0 bridgehead atoms. The lowest BCUT2D eigenvalue weighted by Crippen LogP contribution is -2.37. The molecule has 2 heterocycles. The second-order valence-electron chi connectivity index (χ2n) is 6.34. The van der Waals surface area contributed by atoms with Gasteiger partial charge in [-0.3, -0.25) is 34.0 Å². The molecular formula is C16H15N5O8. The Morgan fingerprint density at radius 2 is 2.00 bits per heavy atom. The Morgan fingerprint density at radius 3 is 2.55 bits per heavy atom. The lowest BCUT2D eigenvalue weighted by atomic mass is 10.1. The first-order valence-electron chi connectivity index (χ1n) is 8.30. The number of nitro groups is 1. The fraction of sp³-hybridized carbons (Fsp3) is 0.312. The van der Waals surface area contributed by atoms with Crippen molar-refractivity contribution >= 4 is 23.3 Å². The van der Waals surface area contributed by atoms with Gasteiger partial charge in [0.15, 0.2) is 5.78 Å². The number of carbonyl (C=O) groups excluding carboxylic acids is 2. The number of H-pyrrole nitrogens is 1. The lowest BCUT2D eigenvalue weighted by molar-refractivity contribution is -0.386. The highest BCUT2D eigenvalue weighted by atomic mass is 16.6. The van der Waals surface area contributed by atoms with Crippen LogP contribution in [0.4, 0.5) is 11.5 Å². The fourth-order valence-electron chi connectivity index (χ4n) is 2.86. The van der Waals surface area contributed by atoms with Crippen LogP contribution in [0.2, 0.25) is 0 Å². The van der Waals surface area contributed by atoms with Crippen molar-refractivity contribution in [2.24, 2.45) is 0 Å². The van der Waals surface area contributed by atoms with Crippen molar-refractivity contribution in [3.63, 3.8) is 0 Å². The molecule has 3 N–H and O–H groups in total. The van der Waals surface area contributed by atoms with Crippen molar-refractivity contribution < 1.29 is 19.2 Å². The van der Waals surface area contributed by atoms with E-state index in [-0.39, 0.29) is 17.4 Å². The summed E-state index contributed by atoms with van der Waals surface area (Å²) in [4.78, 5) is 72.9. The van der Waals surface area contributed by atoms with E-state index in [2.05, 4.69) is 4.74 Å². The van der Waals surface area contributed by atoms with Gasteiger partial charge in [-0.15, -0.1) is 0 Å². The van der Waals surface area contributed by atoms with Gasteiger partial charge in [-0.2, -0.15) is 0 Å². The maximum absolute atomic E-state index is 12.7. The van der Waals surface area contributed by atoms with Gasteiger partial charge in [0.1, 0.15) is 11.4 Å². The molecule has 0 aromatic carbocycles. The molecule has 1 saturated carbocycles. The van der Waals surface area contributed by atoms with Gasteiger partial charge in [0.25, 0.3) is 5.56 Å². The Kier molecular flexibility index (Phi) is 4.88. The number of anilines is 1. The molecule has 0 atom stereocenters. The third kappa shape index (κ3) is 3.56. The number of hydrogen-bond acceptors (Lipinski definition) is 9. The zero-order chi connectivity index (χ0) is 21.5. The van der Waals surface area contributed by atoms with Crippen LogP contribution in [0.25, 0.3) is 0 Å². The third-order valence-corrected chi connectivity index (χ3v) is 4.37. The third-order valence-electron chi connectivity index (χ3n) is 4.37. The molecule has 1 aliphatic rings. The quantitative estimate of drug-likeness (QED) is 0.268. The fourth-order valence-corrected chi connectivity index (χ4v) is 2.86. The summed E-state index contributed by atoms with van der Waals surface area (Å²) in [5, 5.41) is 11.1. The van der Waals surface area contributed by atoms with E-state index in [1.165, 1.54) is 0 Å². The first-order chi connectivity index (χ1) is 13.6. The summed E-state index contributed by atoms with van der Waals surface area (Å²) in [5.74, 6) is -2.27. The number of ketones is 1. The van der Waals surface area contributed by atoms with Gasteiger partial charge in [-0.05, 0) is 12.8 Å². The number of hydrogen-bond donors (Lipinski definition) is 2. The van der Waals surface area contributed by atoms with Crippen molar-refractivity contribution in [2.45, 2.75) is 25.4 Å². The van der Waals surface area contributed by atoms with E-state index >= 15 is 0 Å². The normalized spacial score (nSPS) is 13.1. The number of esters is 1. The minimum absolute atomic E-state index is 0.239. The van der Waals surface area contributed by atoms with Crippen LogP contribution in [0, 0.1) is 10.1 Å². The Morgan fingerprint density at radius 1 is 1.34 bits per heavy atom. The molecule has 0 unspecified atom stereocenters. The molecule has 0 amide bonds. The van der Waals surface area contributed by atoms with E-state index in [1.807, 2.05) is 4.98 Å². The first kappa shape index (κ1) is 19.7. The van der Waals surface area contributed by atoms with Crippen LogP contribution < -0.4 is 22.5 Å². The SMILES string of the molecule is COC(=O)c1cc([N+](=O)[O-])c(=O)n(CC(=O)c2c(N)n(C3CC3)c(=O)[nH]c2=O)c1. The number of methoxy groups -OCH3 is 1. The molecule has 2 aromatic rings. The molecule has 1 aliphatic carbocycles. The highest BCUT2D eigenvalue weighted by Crippen LogP contribution is 2.35. The Labute approximate surface area is 160 Å². The second kappa shape index (κ2) is 7.18. The van der Waals surface area contributed by atoms with E-state index in [9.17, 15) is 34.1 Å². The predicted octanol–water partition coefficient (Wildman–Crippen LogP) is -0.807. The molecule has 2 aromatic heterocycles. The number of ether oxygens (including phenoxy) is 1. The zero-order valence-electron chi connectivity index (χ0n) is 15.0. The van der Waals surface area contributed by atoms with E-state index < -0.39 is 51.3 Å². The highest BCUT2D eigenvalue weighted by molar-refractivity contribution is 5.99. The van der Waals surface area contributed by atoms with Crippen LogP contribution in [0.1, 0.15) is 39.6 Å². The Hall–Kier alpha value is -4.03. The lowest BCUT2D eigenvalue weighted by Gasteiger charge is -2.12. The molecule has 152 valence electrons. The summed E-state index contributed by atoms with van der Waals surface area (Å²) >= 11 is 0. The van der Waals surface area contributed by atoms with Gasteiger partial charge in [-0.1, -0.05) is 0 Å². The molecule has 0 radical (unpaired) electrons. The zero-order valence-corrected chi connectivity index (χ0v) is 15.0. The van der Waals surface area contributed by atoms with Crippen molar-refractivity contribution in [1.82, 2.24) is 14.1 Å². The van der Waals surface area contributed by atoms with Crippen LogP contribution in [0.5, 0.6) is 0 Å². The Bertz CT molecular complexity index is 1220. The van der Waals surface area contributed by atoms with Crippen molar-refractivity contribution in [3.05, 3.63) is 64.7 Å². The molecule has 13 nitrogen and oxygen atoms in total. The van der Waals surface area contributed by atoms with Gasteiger partial charge < -0.3 is 15.0 Å². The van der Waals surface area contributed by atoms with E-state index in [0.717, 1.165) is 23.9 Å². The number of nitrogens with one attached hydrogen (secondary N) is 1. The maximum atomic E-state index is 12.7. The predicted molar refractivity (Wildman–Crippen MR) is 97.0 cm³/mol. The van der Waals surface area contributed by atoms with Crippen LogP contribution in [0.3, 0.4) is 0 Å². The summed E-state index contributed by atoms with van der Waals surface area (Å²) in [6, 6.07) is 0.487. The summed E-state index contributed by atoms with van der Waals surface area (Å²) in [6.07, 6.45) is 2.20. The van der Waals surface area contributed by atoms with Crippen LogP contribution in [-0.4, -0.2) is 37.9 Å². The summed E-state index contributed by atoms with van der Waals surface area (Å²) < 4.78 is 6.18. The summed E-state index contributed by atoms with van der Waals surface area (Å²) in [5.41, 5.74) is 1.05. The van der Waals surface area contributed by atoms with Gasteiger partial charge in [0.05, 0.1) is 24.1 Å². The van der Waals surface area contributed by atoms with Gasteiger partial charge in [0.2, 0.25) is 0 Å². The first-order valence-corrected chi connectivity index (χ1v) is 8.30. The minimum Gasteiger partial charge on any atom is -0.465 e. The minimum atomic E-state index is -1.17. The molecule has 0 saturated heterocycles. The number of nitrogens with two attached hydrogens (primary N) is 1. The largest absolute Gasteiger partial charge is 0.465 e. The number of carbonyl (C=O) groups is 2. The number of nitrogens with zero attached hydrogens (tertiary/aromatic N) is 3. The summed E-state index contributed by atoms with van der Waals surface area (Å²) in [7, 11) is 1.04. The topological polar surface area (TPSA) is 189 Å². The number of pyridine rings is 1. The van der Waals surface area contributed by atoms with Crippen LogP contribution in [0.15, 0.2) is 26.6 Å². The average molecular weight is 405 g/mol. The van der Waals surface area contributed by atoms with Gasteiger partial charge >= 0.3 is 22.9 Å². The summed E-state index contributed by atoms with van der Waals surface area (Å²) in [6.45, 7) is -0.819. The van der Waals surface area contributed by atoms with Crippen molar-refractivity contribution in [3.8, 4) is 0 Å². The number of aromatic amines is 1. The molecular weight excluding hydrogens is 390 g/mol. The van der Waals surface area contributed by atoms with Crippen LogP contribution in [-0.2, 0) is 11.3 Å². The van der Waals surface area contributed by atoms with Crippen LogP contribution >= 0.6 is 0 Å². The van der Waals surface area contributed by atoms with E-state index in [4.69, 9.17) is 5.73 Å². The van der Waals surface area contributed by atoms with E-state index in [0.29, 0.717) is 17.4 Å².